The van der Waals surface area contributed by atoms with Crippen molar-refractivity contribution in [1.82, 2.24) is 15.7 Å². The first-order chi connectivity index (χ1) is 20.7. The molecule has 1 heterocycles. The Morgan fingerprint density at radius 1 is 1.05 bits per heavy atom. The normalized spacial score (nSPS) is 18.9. The van der Waals surface area contributed by atoms with E-state index in [1.807, 2.05) is 81.3 Å². The minimum Gasteiger partial charge on any atom is -0.457 e. The summed E-state index contributed by atoms with van der Waals surface area (Å²) in [5.41, 5.74) is 0.358. The fraction of sp³-hybridized carbons (Fsp3) is 0.515. The van der Waals surface area contributed by atoms with Gasteiger partial charge in [0.25, 0.3) is 0 Å². The third-order valence-electron chi connectivity index (χ3n) is 7.21. The summed E-state index contributed by atoms with van der Waals surface area (Å²) in [6.45, 7) is 6.47. The first-order valence-electron chi connectivity index (χ1n) is 15.0. The summed E-state index contributed by atoms with van der Waals surface area (Å²) in [5, 5.41) is 7.50. The van der Waals surface area contributed by atoms with Gasteiger partial charge in [0.15, 0.2) is 6.04 Å². The van der Waals surface area contributed by atoms with Crippen molar-refractivity contribution in [3.8, 4) is 11.5 Å². The van der Waals surface area contributed by atoms with E-state index in [-0.39, 0.29) is 10.8 Å². The molecule has 1 saturated carbocycles. The molecule has 2 N–H and O–H groups in total. The van der Waals surface area contributed by atoms with E-state index < -0.39 is 23.6 Å². The Kier molecular flexibility index (Phi) is 12.6. The molecule has 0 radical (unpaired) electrons. The Morgan fingerprint density at radius 3 is 2.42 bits per heavy atom. The molecule has 0 spiro atoms. The number of rotatable bonds is 12. The number of amides is 2. The van der Waals surface area contributed by atoms with Crippen LogP contribution in [-0.4, -0.2) is 64.3 Å². The maximum Gasteiger partial charge on any atom is 0.246 e. The molecular formula is C33H43N3O5S2. The molecule has 43 heavy (non-hydrogen) atoms. The molecule has 1 saturated heterocycles. The number of para-hydroxylation sites is 1. The topological polar surface area (TPSA) is 97.0 Å². The zero-order valence-corrected chi connectivity index (χ0v) is 26.9. The Bertz CT molecular complexity index is 1240. The average molecular weight is 626 g/mol. The van der Waals surface area contributed by atoms with Crippen molar-refractivity contribution in [2.75, 3.05) is 23.8 Å². The van der Waals surface area contributed by atoms with E-state index in [0.29, 0.717) is 36.3 Å². The summed E-state index contributed by atoms with van der Waals surface area (Å²) in [7, 11) is 0. The zero-order valence-electron chi connectivity index (χ0n) is 25.3. The minimum atomic E-state index is -0.953. The highest BCUT2D eigenvalue weighted by atomic mass is 32.2. The predicted molar refractivity (Wildman–Crippen MR) is 174 cm³/mol. The van der Waals surface area contributed by atoms with Crippen molar-refractivity contribution < 1.29 is 24.0 Å². The van der Waals surface area contributed by atoms with Crippen LogP contribution in [0.2, 0.25) is 0 Å². The van der Waals surface area contributed by atoms with Gasteiger partial charge in [-0.1, -0.05) is 49.6 Å². The van der Waals surface area contributed by atoms with E-state index in [1.165, 1.54) is 43.9 Å². The van der Waals surface area contributed by atoms with Crippen LogP contribution in [0.25, 0.3) is 0 Å². The van der Waals surface area contributed by atoms with Crippen molar-refractivity contribution in [2.24, 2.45) is 5.92 Å². The van der Waals surface area contributed by atoms with Gasteiger partial charge in [0, 0.05) is 24.6 Å². The molecule has 2 atom stereocenters. The first kappa shape index (κ1) is 33.1. The van der Waals surface area contributed by atoms with E-state index in [1.54, 1.807) is 16.8 Å². The number of nitrogens with one attached hydrogen (secondary N) is 2. The molecule has 1 unspecified atom stereocenters. The van der Waals surface area contributed by atoms with Crippen molar-refractivity contribution in [1.29, 1.82) is 0 Å². The van der Waals surface area contributed by atoms with E-state index >= 15 is 0 Å². The monoisotopic (exact) mass is 625 g/mol. The lowest BCUT2D eigenvalue weighted by Crippen LogP contribution is -2.57. The zero-order chi connectivity index (χ0) is 30.7. The van der Waals surface area contributed by atoms with Crippen molar-refractivity contribution >= 4 is 41.3 Å². The van der Waals surface area contributed by atoms with Gasteiger partial charge in [0.2, 0.25) is 11.8 Å². The lowest BCUT2D eigenvalue weighted by atomic mass is 9.91. The van der Waals surface area contributed by atoms with Crippen LogP contribution in [0.5, 0.6) is 11.5 Å². The summed E-state index contributed by atoms with van der Waals surface area (Å²) < 4.78 is 5.87. The molecule has 232 valence electrons. The lowest BCUT2D eigenvalue weighted by Gasteiger charge is -2.38. The Morgan fingerprint density at radius 2 is 1.74 bits per heavy atom. The number of hydrogen-bond donors (Lipinski definition) is 2. The number of hydrogen-bond acceptors (Lipinski definition) is 8. The molecular weight excluding hydrogens is 583 g/mol. The molecule has 0 bridgehead atoms. The second kappa shape index (κ2) is 16.4. The van der Waals surface area contributed by atoms with Gasteiger partial charge >= 0.3 is 0 Å². The van der Waals surface area contributed by atoms with E-state index in [9.17, 15) is 14.4 Å². The summed E-state index contributed by atoms with van der Waals surface area (Å²) in [4.78, 5) is 45.3. The van der Waals surface area contributed by atoms with Crippen LogP contribution >= 0.6 is 23.5 Å². The van der Waals surface area contributed by atoms with Gasteiger partial charge in [0.05, 0.1) is 10.5 Å². The number of carbonyl (C=O) groups is 2. The number of nitrogens with zero attached hydrogens (tertiary/aromatic N) is 1. The minimum absolute atomic E-state index is 0.264. The van der Waals surface area contributed by atoms with Gasteiger partial charge in [0.1, 0.15) is 23.5 Å². The second-order valence-corrected chi connectivity index (χ2v) is 14.2. The summed E-state index contributed by atoms with van der Waals surface area (Å²) in [6.07, 6.45) is 6.23. The van der Waals surface area contributed by atoms with Gasteiger partial charge < -0.3 is 15.4 Å². The lowest BCUT2D eigenvalue weighted by molar-refractivity contribution is -0.238. The fourth-order valence-electron chi connectivity index (χ4n) is 5.12. The molecule has 1 aliphatic carbocycles. The van der Waals surface area contributed by atoms with Crippen LogP contribution in [-0.2, 0) is 25.8 Å². The predicted octanol–water partition coefficient (Wildman–Crippen LogP) is 5.76. The fourth-order valence-corrected chi connectivity index (χ4v) is 7.33. The van der Waals surface area contributed by atoms with E-state index in [4.69, 9.17) is 9.57 Å². The van der Waals surface area contributed by atoms with Crippen molar-refractivity contribution in [3.05, 3.63) is 65.1 Å². The van der Waals surface area contributed by atoms with Gasteiger partial charge in [-0.15, -0.1) is 11.8 Å². The Labute approximate surface area is 263 Å². The molecule has 4 rings (SSSR count). The number of carbonyl (C=O) groups excluding carboxylic acids is 3. The second-order valence-electron chi connectivity index (χ2n) is 11.9. The van der Waals surface area contributed by atoms with Gasteiger partial charge in [-0.25, -0.2) is 4.79 Å². The number of ether oxygens (including phenoxy) is 1. The van der Waals surface area contributed by atoms with E-state index in [2.05, 4.69) is 10.6 Å². The number of thioether (sulfide) groups is 2. The number of hydroxylamine groups is 2. The standard InChI is InChI=1S/C33H43N3O5S2/c1-33(2,3)41-36-18-19-43-29(21-37)30(36)32(39)35-28(23-42-22-25-10-6-4-7-11-25)31(38)34-20-24-14-16-27(17-15-24)40-26-12-8-5-9-13-26/h5,8-9,12-17,25,28,30H,4,6-7,10-11,18-20,22-23H2,1-3H3,(H,34,38)(H,35,39)/t28-,30?/m0/s1. The summed E-state index contributed by atoms with van der Waals surface area (Å²) in [6, 6.07) is 15.4. The van der Waals surface area contributed by atoms with Crippen molar-refractivity contribution in [3.63, 3.8) is 0 Å². The largest absolute Gasteiger partial charge is 0.457 e. The molecule has 1 aliphatic heterocycles. The molecule has 0 aromatic heterocycles. The SMILES string of the molecule is CC(C)(C)ON1CCSC(=C=O)C1C(=O)N[C@@H](CSCC1CCCCC1)C(=O)NCc1ccc(Oc2ccccc2)cc1. The molecule has 2 amide bonds. The average Bonchev–Trinajstić information content (AvgIpc) is 3.00. The highest BCUT2D eigenvalue weighted by Crippen LogP contribution is 2.30. The molecule has 2 fully saturated rings. The van der Waals surface area contributed by atoms with Crippen LogP contribution in [0.1, 0.15) is 58.4 Å². The van der Waals surface area contributed by atoms with Crippen LogP contribution in [0.15, 0.2) is 59.5 Å². The molecule has 2 aromatic carbocycles. The first-order valence-corrected chi connectivity index (χ1v) is 17.2. The molecule has 10 heteroatoms. The Hall–Kier alpha value is -2.75. The highest BCUT2D eigenvalue weighted by Gasteiger charge is 2.39. The van der Waals surface area contributed by atoms with Gasteiger partial charge in [-0.2, -0.15) is 16.8 Å². The van der Waals surface area contributed by atoms with Crippen LogP contribution in [0.3, 0.4) is 0 Å². The molecule has 2 aliphatic rings. The smallest absolute Gasteiger partial charge is 0.246 e. The molecule has 2 aromatic rings. The number of benzene rings is 2. The summed E-state index contributed by atoms with van der Waals surface area (Å²) >= 11 is 3.01. The quantitative estimate of drug-likeness (QED) is 0.288. The highest BCUT2D eigenvalue weighted by molar-refractivity contribution is 8.03. The van der Waals surface area contributed by atoms with Gasteiger partial charge in [-0.05, 0) is 75.1 Å². The molecule has 8 nitrogen and oxygen atoms in total. The van der Waals surface area contributed by atoms with Crippen LogP contribution < -0.4 is 15.4 Å². The third-order valence-corrected chi connectivity index (χ3v) is 9.49. The van der Waals surface area contributed by atoms with Gasteiger partial charge in [-0.3, -0.25) is 14.4 Å². The van der Waals surface area contributed by atoms with E-state index in [0.717, 1.165) is 17.1 Å². The van der Waals surface area contributed by atoms with Crippen molar-refractivity contribution in [2.45, 2.75) is 77.1 Å². The van der Waals surface area contributed by atoms with Crippen LogP contribution in [0, 0.1) is 5.92 Å². The maximum atomic E-state index is 13.7. The van der Waals surface area contributed by atoms with Crippen LogP contribution in [0.4, 0.5) is 0 Å². The Balaban J connectivity index is 1.40. The summed E-state index contributed by atoms with van der Waals surface area (Å²) in [5.74, 6) is 5.35. The third kappa shape index (κ3) is 10.7. The maximum absolute atomic E-state index is 13.7.